The molecule has 1 aliphatic carbocycles. The summed E-state index contributed by atoms with van der Waals surface area (Å²) in [6.07, 6.45) is 4.29. The number of hydrogen-bond acceptors (Lipinski definition) is 3. The molecule has 184 valence electrons. The number of amides is 2. The number of halogens is 1. The van der Waals surface area contributed by atoms with E-state index in [0.717, 1.165) is 41.3 Å². The fraction of sp³-hybridized carbons (Fsp3) is 0.500. The van der Waals surface area contributed by atoms with E-state index in [1.807, 2.05) is 49.4 Å². The maximum atomic E-state index is 13.4. The third-order valence-corrected chi connectivity index (χ3v) is 7.24. The number of nitrogens with zero attached hydrogens (tertiary/aromatic N) is 1. The predicted molar refractivity (Wildman–Crippen MR) is 140 cm³/mol. The number of aryl methyl sites for hydroxylation is 1. The average molecular weight is 530 g/mol. The number of hydrogen-bond donors (Lipinski definition) is 1. The van der Waals surface area contributed by atoms with Crippen LogP contribution in [-0.4, -0.2) is 35.4 Å². The van der Waals surface area contributed by atoms with Gasteiger partial charge in [0.1, 0.15) is 11.8 Å². The van der Waals surface area contributed by atoms with E-state index in [1.54, 1.807) is 11.8 Å². The Kier molecular flexibility index (Phi) is 8.80. The van der Waals surface area contributed by atoms with E-state index in [9.17, 15) is 9.59 Å². The van der Waals surface area contributed by atoms with Gasteiger partial charge in [-0.2, -0.15) is 0 Å². The van der Waals surface area contributed by atoms with Gasteiger partial charge in [0.05, 0.1) is 4.47 Å². The molecular weight excluding hydrogens is 492 g/mol. The van der Waals surface area contributed by atoms with Crippen molar-refractivity contribution >= 4 is 27.7 Å². The first kappa shape index (κ1) is 26.3. The minimum atomic E-state index is -0.594. The Labute approximate surface area is 212 Å². The monoisotopic (exact) mass is 528 g/mol. The van der Waals surface area contributed by atoms with Crippen LogP contribution in [0.4, 0.5) is 0 Å². The van der Waals surface area contributed by atoms with Crippen LogP contribution in [0.5, 0.6) is 5.75 Å². The SMILES string of the molecule is Cc1ccccc1CN(C(=O)COc1ccc(C(C)(C)C)cc1Br)[C@H](C)C(=O)NC1CCCC1. The van der Waals surface area contributed by atoms with Crippen molar-refractivity contribution in [2.45, 2.75) is 84.3 Å². The van der Waals surface area contributed by atoms with Crippen LogP contribution in [0, 0.1) is 6.92 Å². The number of nitrogens with one attached hydrogen (secondary N) is 1. The Morgan fingerprint density at radius 3 is 2.44 bits per heavy atom. The third-order valence-electron chi connectivity index (χ3n) is 6.62. The van der Waals surface area contributed by atoms with Crippen LogP contribution in [0.2, 0.25) is 0 Å². The highest BCUT2D eigenvalue weighted by Gasteiger charge is 2.29. The van der Waals surface area contributed by atoms with Gasteiger partial charge in [0.15, 0.2) is 6.61 Å². The first-order valence-corrected chi connectivity index (χ1v) is 12.9. The molecule has 0 spiro atoms. The number of carbonyl (C=O) groups is 2. The standard InChI is InChI=1S/C28H37BrN2O3/c1-19-10-6-7-11-21(19)17-31(20(2)27(33)30-23-12-8-9-13-23)26(32)18-34-25-15-14-22(16-24(25)29)28(3,4)5/h6-7,10-11,14-16,20,23H,8-9,12-13,17-18H2,1-5H3,(H,30,33)/t20-/m1/s1. The van der Waals surface area contributed by atoms with Crippen molar-refractivity contribution in [1.29, 1.82) is 0 Å². The van der Waals surface area contributed by atoms with Gasteiger partial charge in [0, 0.05) is 12.6 Å². The van der Waals surface area contributed by atoms with Gasteiger partial charge in [-0.3, -0.25) is 9.59 Å². The maximum Gasteiger partial charge on any atom is 0.261 e. The molecule has 0 saturated heterocycles. The van der Waals surface area contributed by atoms with Crippen LogP contribution >= 0.6 is 15.9 Å². The molecule has 0 bridgehead atoms. The van der Waals surface area contributed by atoms with Crippen molar-refractivity contribution in [3.05, 3.63) is 63.6 Å². The molecule has 0 radical (unpaired) electrons. The van der Waals surface area contributed by atoms with Crippen LogP contribution in [0.15, 0.2) is 46.9 Å². The molecule has 1 saturated carbocycles. The number of benzene rings is 2. The van der Waals surface area contributed by atoms with Crippen LogP contribution in [0.3, 0.4) is 0 Å². The summed E-state index contributed by atoms with van der Waals surface area (Å²) in [5.74, 6) is 0.286. The Balaban J connectivity index is 1.74. The predicted octanol–water partition coefficient (Wildman–Crippen LogP) is 5.91. The molecular formula is C28H37BrN2O3. The topological polar surface area (TPSA) is 58.6 Å². The summed E-state index contributed by atoms with van der Waals surface area (Å²) < 4.78 is 6.72. The normalized spacial score (nSPS) is 15.1. The second kappa shape index (κ2) is 11.4. The van der Waals surface area contributed by atoms with Crippen molar-refractivity contribution in [3.8, 4) is 5.75 Å². The molecule has 1 atom stereocenters. The van der Waals surface area contributed by atoms with Crippen molar-refractivity contribution in [2.75, 3.05) is 6.61 Å². The van der Waals surface area contributed by atoms with E-state index < -0.39 is 6.04 Å². The lowest BCUT2D eigenvalue weighted by molar-refractivity contribution is -0.142. The molecule has 6 heteroatoms. The Bertz CT molecular complexity index is 1010. The van der Waals surface area contributed by atoms with Gasteiger partial charge >= 0.3 is 0 Å². The van der Waals surface area contributed by atoms with Gasteiger partial charge in [0.2, 0.25) is 5.91 Å². The van der Waals surface area contributed by atoms with Crippen molar-refractivity contribution in [2.24, 2.45) is 0 Å². The van der Waals surface area contributed by atoms with E-state index in [-0.39, 0.29) is 29.9 Å². The fourth-order valence-electron chi connectivity index (χ4n) is 4.25. The molecule has 2 amide bonds. The summed E-state index contributed by atoms with van der Waals surface area (Å²) in [6, 6.07) is 13.5. The summed E-state index contributed by atoms with van der Waals surface area (Å²) >= 11 is 3.58. The Morgan fingerprint density at radius 1 is 1.15 bits per heavy atom. The second-order valence-corrected chi connectivity index (χ2v) is 11.2. The second-order valence-electron chi connectivity index (χ2n) is 10.3. The van der Waals surface area contributed by atoms with E-state index >= 15 is 0 Å². The third kappa shape index (κ3) is 6.84. The Morgan fingerprint density at radius 2 is 1.82 bits per heavy atom. The highest BCUT2D eigenvalue weighted by atomic mass is 79.9. The van der Waals surface area contributed by atoms with E-state index in [1.165, 1.54) is 5.56 Å². The molecule has 0 heterocycles. The molecule has 0 aromatic heterocycles. The number of rotatable bonds is 8. The molecule has 3 rings (SSSR count). The molecule has 0 aliphatic heterocycles. The average Bonchev–Trinajstić information content (AvgIpc) is 3.29. The zero-order valence-electron chi connectivity index (χ0n) is 21.0. The quantitative estimate of drug-likeness (QED) is 0.463. The summed E-state index contributed by atoms with van der Waals surface area (Å²) in [5, 5.41) is 3.14. The van der Waals surface area contributed by atoms with Crippen LogP contribution < -0.4 is 10.1 Å². The minimum absolute atomic E-state index is 0.0172. The lowest BCUT2D eigenvalue weighted by Gasteiger charge is -2.30. The lowest BCUT2D eigenvalue weighted by Crippen LogP contribution is -2.50. The first-order valence-electron chi connectivity index (χ1n) is 12.1. The molecule has 5 nitrogen and oxygen atoms in total. The molecule has 1 aliphatic rings. The van der Waals surface area contributed by atoms with E-state index in [0.29, 0.717) is 12.3 Å². The smallest absolute Gasteiger partial charge is 0.261 e. The summed E-state index contributed by atoms with van der Waals surface area (Å²) in [4.78, 5) is 28.0. The van der Waals surface area contributed by atoms with Gasteiger partial charge in [-0.15, -0.1) is 0 Å². The zero-order chi connectivity index (χ0) is 24.9. The fourth-order valence-corrected chi connectivity index (χ4v) is 4.75. The van der Waals surface area contributed by atoms with Gasteiger partial charge in [-0.05, 0) is 76.9 Å². The van der Waals surface area contributed by atoms with Crippen molar-refractivity contribution in [3.63, 3.8) is 0 Å². The van der Waals surface area contributed by atoms with Crippen LogP contribution in [-0.2, 0) is 21.5 Å². The molecule has 1 fully saturated rings. The molecule has 34 heavy (non-hydrogen) atoms. The van der Waals surface area contributed by atoms with Gasteiger partial charge < -0.3 is 15.0 Å². The lowest BCUT2D eigenvalue weighted by atomic mass is 9.87. The van der Waals surface area contributed by atoms with Gasteiger partial charge in [-0.25, -0.2) is 0 Å². The highest BCUT2D eigenvalue weighted by Crippen LogP contribution is 2.31. The molecule has 1 N–H and O–H groups in total. The van der Waals surface area contributed by atoms with Gasteiger partial charge in [0.25, 0.3) is 5.91 Å². The summed E-state index contributed by atoms with van der Waals surface area (Å²) in [5.41, 5.74) is 3.30. The minimum Gasteiger partial charge on any atom is -0.483 e. The molecule has 2 aromatic rings. The van der Waals surface area contributed by atoms with Crippen LogP contribution in [0.25, 0.3) is 0 Å². The summed E-state index contributed by atoms with van der Waals surface area (Å²) in [6.45, 7) is 10.5. The highest BCUT2D eigenvalue weighted by molar-refractivity contribution is 9.10. The first-order chi connectivity index (χ1) is 16.1. The molecule has 0 unspecified atom stereocenters. The summed E-state index contributed by atoms with van der Waals surface area (Å²) in [7, 11) is 0. The maximum absolute atomic E-state index is 13.4. The number of ether oxygens (including phenoxy) is 1. The zero-order valence-corrected chi connectivity index (χ0v) is 22.6. The van der Waals surface area contributed by atoms with Crippen molar-refractivity contribution < 1.29 is 14.3 Å². The molecule has 2 aromatic carbocycles. The van der Waals surface area contributed by atoms with Crippen LogP contribution in [0.1, 0.15) is 70.1 Å². The van der Waals surface area contributed by atoms with E-state index in [2.05, 4.69) is 42.0 Å². The number of carbonyl (C=O) groups excluding carboxylic acids is 2. The van der Waals surface area contributed by atoms with Crippen molar-refractivity contribution in [1.82, 2.24) is 10.2 Å². The Hall–Kier alpha value is -2.34. The van der Waals surface area contributed by atoms with Gasteiger partial charge in [-0.1, -0.05) is 63.9 Å². The largest absolute Gasteiger partial charge is 0.483 e. The van der Waals surface area contributed by atoms with E-state index in [4.69, 9.17) is 4.74 Å².